The molecule has 0 amide bonds. The number of aliphatic carboxylic acids is 1. The maximum Gasteiger partial charge on any atom is 0.321 e. The number of nitrogens with zero attached hydrogens (tertiary/aromatic N) is 1. The molecule has 3 heteroatoms. The summed E-state index contributed by atoms with van der Waals surface area (Å²) in [6.45, 7) is 1.00. The Morgan fingerprint density at radius 2 is 2.19 bits per heavy atom. The minimum absolute atomic E-state index is 0.380. The molecule has 0 aromatic heterocycles. The second-order valence-electron chi connectivity index (χ2n) is 3.94. The van der Waals surface area contributed by atoms with Gasteiger partial charge in [-0.2, -0.15) is 0 Å². The molecule has 0 unspecified atom stereocenters. The van der Waals surface area contributed by atoms with E-state index in [4.69, 9.17) is 11.5 Å². The zero-order chi connectivity index (χ0) is 11.5. The van der Waals surface area contributed by atoms with Crippen molar-refractivity contribution in [3.05, 3.63) is 35.4 Å². The molecule has 0 aliphatic carbocycles. The van der Waals surface area contributed by atoms with Crippen LogP contribution in [0.15, 0.2) is 24.3 Å². The van der Waals surface area contributed by atoms with Crippen molar-refractivity contribution in [2.45, 2.75) is 19.0 Å². The van der Waals surface area contributed by atoms with Crippen LogP contribution in [0.3, 0.4) is 0 Å². The van der Waals surface area contributed by atoms with Crippen molar-refractivity contribution in [3.63, 3.8) is 0 Å². The number of rotatable bonds is 2. The predicted molar refractivity (Wildman–Crippen MR) is 60.8 cm³/mol. The Bertz CT molecular complexity index is 447. The van der Waals surface area contributed by atoms with Crippen LogP contribution in [0.4, 0.5) is 0 Å². The molecule has 1 heterocycles. The van der Waals surface area contributed by atoms with E-state index in [1.807, 2.05) is 29.2 Å². The lowest BCUT2D eigenvalue weighted by molar-refractivity contribution is -0.143. The lowest BCUT2D eigenvalue weighted by atomic mass is 9.94. The molecule has 1 aliphatic rings. The molecule has 3 nitrogen and oxygen atoms in total. The van der Waals surface area contributed by atoms with Gasteiger partial charge >= 0.3 is 5.97 Å². The number of fused-ring (bicyclic) bond motifs is 1. The predicted octanol–water partition coefficient (Wildman–Crippen LogP) is 1.13. The Hall–Kier alpha value is -1.79. The van der Waals surface area contributed by atoms with Gasteiger partial charge in [-0.05, 0) is 17.5 Å². The number of carboxylic acid groups (broad SMARTS) is 1. The SMILES string of the molecule is C#CCN1Cc2ccccc2C[C@H]1C(=O)O. The summed E-state index contributed by atoms with van der Waals surface area (Å²) in [6, 6.07) is 7.42. The lowest BCUT2D eigenvalue weighted by Crippen LogP contribution is -2.45. The first-order chi connectivity index (χ1) is 7.72. The van der Waals surface area contributed by atoms with Gasteiger partial charge in [0.2, 0.25) is 0 Å². The van der Waals surface area contributed by atoms with Crippen molar-refractivity contribution >= 4 is 5.97 Å². The number of hydrogen-bond donors (Lipinski definition) is 1. The second-order valence-corrected chi connectivity index (χ2v) is 3.94. The number of terminal acetylenes is 1. The van der Waals surface area contributed by atoms with E-state index < -0.39 is 12.0 Å². The third-order valence-electron chi connectivity index (χ3n) is 2.93. The first kappa shape index (κ1) is 10.7. The summed E-state index contributed by atoms with van der Waals surface area (Å²) in [5.41, 5.74) is 2.29. The smallest absolute Gasteiger partial charge is 0.321 e. The Morgan fingerprint density at radius 3 is 2.81 bits per heavy atom. The third kappa shape index (κ3) is 1.93. The quantitative estimate of drug-likeness (QED) is 0.752. The zero-order valence-electron chi connectivity index (χ0n) is 8.89. The maximum atomic E-state index is 11.1. The average molecular weight is 215 g/mol. The molecule has 82 valence electrons. The van der Waals surface area contributed by atoms with E-state index in [2.05, 4.69) is 5.92 Å². The highest BCUT2D eigenvalue weighted by molar-refractivity contribution is 5.74. The van der Waals surface area contributed by atoms with Crippen molar-refractivity contribution in [2.75, 3.05) is 6.54 Å². The fourth-order valence-electron chi connectivity index (χ4n) is 2.10. The molecule has 0 fully saturated rings. The van der Waals surface area contributed by atoms with Gasteiger partial charge in [0.05, 0.1) is 6.54 Å². The van der Waals surface area contributed by atoms with E-state index in [1.165, 1.54) is 5.56 Å². The first-order valence-electron chi connectivity index (χ1n) is 5.19. The molecule has 2 rings (SSSR count). The van der Waals surface area contributed by atoms with Crippen LogP contribution in [0, 0.1) is 12.3 Å². The van der Waals surface area contributed by atoms with Crippen LogP contribution in [0.25, 0.3) is 0 Å². The summed E-state index contributed by atoms with van der Waals surface area (Å²) in [4.78, 5) is 13.0. The second kappa shape index (κ2) is 4.38. The molecule has 0 spiro atoms. The summed E-state index contributed by atoms with van der Waals surface area (Å²) >= 11 is 0. The van der Waals surface area contributed by atoms with E-state index >= 15 is 0 Å². The van der Waals surface area contributed by atoms with Crippen LogP contribution in [-0.2, 0) is 17.8 Å². The molecular weight excluding hydrogens is 202 g/mol. The number of benzene rings is 1. The van der Waals surface area contributed by atoms with Crippen molar-refractivity contribution in [2.24, 2.45) is 0 Å². The lowest BCUT2D eigenvalue weighted by Gasteiger charge is -2.32. The number of hydrogen-bond acceptors (Lipinski definition) is 2. The van der Waals surface area contributed by atoms with Crippen LogP contribution < -0.4 is 0 Å². The molecule has 1 aliphatic heterocycles. The molecule has 0 saturated carbocycles. The molecule has 1 atom stereocenters. The van der Waals surface area contributed by atoms with Gasteiger partial charge in [-0.3, -0.25) is 9.69 Å². The molecule has 0 bridgehead atoms. The van der Waals surface area contributed by atoms with Crippen LogP contribution >= 0.6 is 0 Å². The highest BCUT2D eigenvalue weighted by atomic mass is 16.4. The van der Waals surface area contributed by atoms with Crippen molar-refractivity contribution in [1.82, 2.24) is 4.90 Å². The third-order valence-corrected chi connectivity index (χ3v) is 2.93. The first-order valence-corrected chi connectivity index (χ1v) is 5.19. The van der Waals surface area contributed by atoms with Crippen LogP contribution in [0.2, 0.25) is 0 Å². The van der Waals surface area contributed by atoms with Gasteiger partial charge in [0, 0.05) is 6.54 Å². The van der Waals surface area contributed by atoms with Gasteiger partial charge in [0.25, 0.3) is 0 Å². The molecule has 16 heavy (non-hydrogen) atoms. The standard InChI is InChI=1S/C13H13NO2/c1-2-7-14-9-11-6-4-3-5-10(11)8-12(14)13(15)16/h1,3-6,12H,7-9H2,(H,15,16)/t12-/m0/s1. The van der Waals surface area contributed by atoms with E-state index in [9.17, 15) is 4.79 Å². The van der Waals surface area contributed by atoms with E-state index in [0.717, 1.165) is 5.56 Å². The Balaban J connectivity index is 2.30. The minimum atomic E-state index is -0.801. The Labute approximate surface area is 94.7 Å². The molecule has 1 aromatic carbocycles. The zero-order valence-corrected chi connectivity index (χ0v) is 8.89. The van der Waals surface area contributed by atoms with Gasteiger partial charge in [-0.15, -0.1) is 6.42 Å². The normalized spacial score (nSPS) is 19.8. The van der Waals surface area contributed by atoms with E-state index in [1.54, 1.807) is 0 Å². The van der Waals surface area contributed by atoms with Crippen molar-refractivity contribution in [1.29, 1.82) is 0 Å². The van der Waals surface area contributed by atoms with Gasteiger partial charge in [0.15, 0.2) is 0 Å². The monoisotopic (exact) mass is 215 g/mol. The van der Waals surface area contributed by atoms with Crippen LogP contribution in [0.1, 0.15) is 11.1 Å². The van der Waals surface area contributed by atoms with Crippen LogP contribution in [0.5, 0.6) is 0 Å². The summed E-state index contributed by atoms with van der Waals surface area (Å²) < 4.78 is 0. The fraction of sp³-hybridized carbons (Fsp3) is 0.308. The van der Waals surface area contributed by atoms with Crippen molar-refractivity contribution in [3.8, 4) is 12.3 Å². The highest BCUT2D eigenvalue weighted by Crippen LogP contribution is 2.22. The summed E-state index contributed by atoms with van der Waals surface area (Å²) in [5.74, 6) is 1.71. The molecule has 0 saturated heterocycles. The highest BCUT2D eigenvalue weighted by Gasteiger charge is 2.30. The Morgan fingerprint density at radius 1 is 1.50 bits per heavy atom. The largest absolute Gasteiger partial charge is 0.480 e. The average Bonchev–Trinajstić information content (AvgIpc) is 2.28. The molecular formula is C13H13NO2. The van der Waals surface area contributed by atoms with Crippen molar-refractivity contribution < 1.29 is 9.90 Å². The van der Waals surface area contributed by atoms with E-state index in [0.29, 0.717) is 19.5 Å². The maximum absolute atomic E-state index is 11.1. The fourth-order valence-corrected chi connectivity index (χ4v) is 2.10. The summed E-state index contributed by atoms with van der Waals surface area (Å²) in [7, 11) is 0. The molecule has 0 radical (unpaired) electrons. The van der Waals surface area contributed by atoms with Gasteiger partial charge in [-0.25, -0.2) is 0 Å². The number of carboxylic acids is 1. The van der Waals surface area contributed by atoms with Gasteiger partial charge in [-0.1, -0.05) is 30.2 Å². The molecule has 1 N–H and O–H groups in total. The number of carbonyl (C=O) groups is 1. The van der Waals surface area contributed by atoms with Gasteiger partial charge in [0.1, 0.15) is 6.04 Å². The molecule has 1 aromatic rings. The van der Waals surface area contributed by atoms with Gasteiger partial charge < -0.3 is 5.11 Å². The Kier molecular flexibility index (Phi) is 2.93. The van der Waals surface area contributed by atoms with E-state index in [-0.39, 0.29) is 0 Å². The summed E-state index contributed by atoms with van der Waals surface area (Å²) in [5, 5.41) is 9.15. The minimum Gasteiger partial charge on any atom is -0.480 e. The topological polar surface area (TPSA) is 40.5 Å². The van der Waals surface area contributed by atoms with Crippen LogP contribution in [-0.4, -0.2) is 28.6 Å². The summed E-state index contributed by atoms with van der Waals surface area (Å²) in [6.07, 6.45) is 5.79.